The first-order valence-corrected chi connectivity index (χ1v) is 12.1. The molecule has 0 saturated heterocycles. The second-order valence-electron chi connectivity index (χ2n) is 8.74. The van der Waals surface area contributed by atoms with Gasteiger partial charge in [-0.2, -0.15) is 4.98 Å². The fourth-order valence-electron chi connectivity index (χ4n) is 4.18. The first kappa shape index (κ1) is 26.3. The van der Waals surface area contributed by atoms with Crippen molar-refractivity contribution in [2.75, 3.05) is 5.32 Å². The first-order valence-electron chi connectivity index (χ1n) is 12.1. The van der Waals surface area contributed by atoms with Gasteiger partial charge < -0.3 is 14.4 Å². The van der Waals surface area contributed by atoms with Crippen LogP contribution in [0.15, 0.2) is 71.8 Å². The molecule has 0 spiro atoms. The molecule has 4 aromatic rings. The Morgan fingerprint density at radius 3 is 2.26 bits per heavy atom. The number of benzene rings is 2. The van der Waals surface area contributed by atoms with E-state index in [1.165, 1.54) is 10.9 Å². The molecule has 3 N–H and O–H groups in total. The summed E-state index contributed by atoms with van der Waals surface area (Å²) in [6, 6.07) is 18.4. The summed E-state index contributed by atoms with van der Waals surface area (Å²) in [5.74, 6) is -2.22. The number of imidazole rings is 1. The smallest absolute Gasteiger partial charge is 0.414 e. The second kappa shape index (κ2) is 12.0. The predicted molar refractivity (Wildman–Crippen MR) is 139 cm³/mol. The number of carbonyl (C=O) groups excluding carboxylic acids is 2. The summed E-state index contributed by atoms with van der Waals surface area (Å²) in [5.41, 5.74) is 0.949. The third kappa shape index (κ3) is 6.30. The molecule has 1 atom stereocenters. The van der Waals surface area contributed by atoms with Crippen molar-refractivity contribution in [3.8, 4) is 0 Å². The van der Waals surface area contributed by atoms with Crippen LogP contribution in [0.3, 0.4) is 0 Å². The minimum absolute atomic E-state index is 0.0200. The molecular weight excluding hydrogens is 490 g/mol. The summed E-state index contributed by atoms with van der Waals surface area (Å²) < 4.78 is 7.07. The van der Waals surface area contributed by atoms with E-state index in [2.05, 4.69) is 20.3 Å². The fourth-order valence-corrected chi connectivity index (χ4v) is 4.18. The highest BCUT2D eigenvalue weighted by Crippen LogP contribution is 2.26. The minimum atomic E-state index is -1.06. The van der Waals surface area contributed by atoms with Crippen LogP contribution < -0.4 is 10.9 Å². The molecule has 2 aromatic carbocycles. The van der Waals surface area contributed by atoms with Crippen LogP contribution in [0.2, 0.25) is 0 Å². The van der Waals surface area contributed by atoms with Crippen LogP contribution in [-0.2, 0) is 20.9 Å². The number of carbonyl (C=O) groups is 3. The zero-order valence-electron chi connectivity index (χ0n) is 20.7. The average Bonchev–Trinajstić information content (AvgIpc) is 3.30. The number of amides is 1. The quantitative estimate of drug-likeness (QED) is 0.270. The van der Waals surface area contributed by atoms with E-state index in [1.807, 2.05) is 67.6 Å². The molecule has 0 bridgehead atoms. The van der Waals surface area contributed by atoms with E-state index in [4.69, 9.17) is 9.84 Å². The van der Waals surface area contributed by atoms with Gasteiger partial charge in [-0.1, -0.05) is 74.0 Å². The molecule has 0 saturated carbocycles. The number of ether oxygens (including phenoxy) is 1. The fraction of sp³-hybridized carbons (Fsp3) is 0.259. The molecule has 1 amide bonds. The lowest BCUT2D eigenvalue weighted by atomic mass is 9.95. The summed E-state index contributed by atoms with van der Waals surface area (Å²) >= 11 is 0. The van der Waals surface area contributed by atoms with Crippen molar-refractivity contribution in [1.82, 2.24) is 19.5 Å². The van der Waals surface area contributed by atoms with Crippen LogP contribution in [0, 0.1) is 5.92 Å². The van der Waals surface area contributed by atoms with E-state index in [9.17, 15) is 19.2 Å². The van der Waals surface area contributed by atoms with Gasteiger partial charge in [-0.25, -0.2) is 9.78 Å². The Labute approximate surface area is 217 Å². The van der Waals surface area contributed by atoms with Gasteiger partial charge in [-0.05, 0) is 17.5 Å². The lowest BCUT2D eigenvalue weighted by molar-refractivity contribution is -0.141. The van der Waals surface area contributed by atoms with Gasteiger partial charge in [0.05, 0.1) is 19.3 Å². The van der Waals surface area contributed by atoms with Crippen LogP contribution in [-0.4, -0.2) is 42.5 Å². The number of hydrogen-bond donors (Lipinski definition) is 3. The van der Waals surface area contributed by atoms with Crippen molar-refractivity contribution in [2.45, 2.75) is 38.8 Å². The molecule has 2 heterocycles. The maximum atomic E-state index is 12.9. The SMILES string of the molecule is CCCC(CC(=O)O)C(=O)Cn1cnc2c(=O)[nH]c(NC(=O)OC(c3ccccc3)c3ccccc3)nc21. The standard InChI is InChI=1S/C27H27N5O6/c1-2-9-19(14-21(34)35)20(33)15-32-16-28-22-24(32)29-26(30-25(22)36)31-27(37)38-23(17-10-5-3-6-11-17)18-12-7-4-8-13-18/h3-8,10-13,16,19,23H,2,9,14-15H2,1H3,(H,34,35)(H2,29,30,31,36,37). The van der Waals surface area contributed by atoms with Gasteiger partial charge in [0.1, 0.15) is 0 Å². The van der Waals surface area contributed by atoms with Crippen molar-refractivity contribution in [3.05, 3.63) is 88.5 Å². The highest BCUT2D eigenvalue weighted by molar-refractivity contribution is 5.86. The second-order valence-corrected chi connectivity index (χ2v) is 8.74. The Morgan fingerprint density at radius 1 is 1.05 bits per heavy atom. The minimum Gasteiger partial charge on any atom is -0.481 e. The first-order chi connectivity index (χ1) is 18.4. The van der Waals surface area contributed by atoms with Crippen molar-refractivity contribution in [3.63, 3.8) is 0 Å². The van der Waals surface area contributed by atoms with Gasteiger partial charge in [0.2, 0.25) is 5.95 Å². The highest BCUT2D eigenvalue weighted by Gasteiger charge is 2.23. The molecule has 2 aromatic heterocycles. The zero-order chi connectivity index (χ0) is 27.1. The Hall–Kier alpha value is -4.80. The number of H-pyrrole nitrogens is 1. The van der Waals surface area contributed by atoms with Crippen LogP contribution in [0.4, 0.5) is 10.7 Å². The molecule has 0 aliphatic heterocycles. The normalized spacial score (nSPS) is 11.8. The molecule has 1 unspecified atom stereocenters. The van der Waals surface area contributed by atoms with E-state index in [-0.39, 0.29) is 35.9 Å². The largest absolute Gasteiger partial charge is 0.481 e. The van der Waals surface area contributed by atoms with Crippen LogP contribution in [0.1, 0.15) is 43.4 Å². The monoisotopic (exact) mass is 517 g/mol. The Kier molecular flexibility index (Phi) is 8.27. The Balaban J connectivity index is 1.55. The number of hydrogen-bond acceptors (Lipinski definition) is 7. The van der Waals surface area contributed by atoms with Crippen molar-refractivity contribution >= 4 is 35.0 Å². The summed E-state index contributed by atoms with van der Waals surface area (Å²) in [5, 5.41) is 11.6. The molecular formula is C27H27N5O6. The van der Waals surface area contributed by atoms with E-state index < -0.39 is 29.6 Å². The molecule has 0 aliphatic carbocycles. The Bertz CT molecular complexity index is 1440. The molecule has 0 aliphatic rings. The Morgan fingerprint density at radius 2 is 1.68 bits per heavy atom. The number of ketones is 1. The van der Waals surface area contributed by atoms with Crippen molar-refractivity contribution in [1.29, 1.82) is 0 Å². The van der Waals surface area contributed by atoms with Gasteiger partial charge in [0.15, 0.2) is 23.1 Å². The molecule has 11 nitrogen and oxygen atoms in total. The zero-order valence-corrected chi connectivity index (χ0v) is 20.7. The number of nitrogens with one attached hydrogen (secondary N) is 2. The number of nitrogens with zero attached hydrogens (tertiary/aromatic N) is 3. The van der Waals surface area contributed by atoms with Gasteiger partial charge in [-0.15, -0.1) is 0 Å². The number of carboxylic acid groups (broad SMARTS) is 1. The van der Waals surface area contributed by atoms with Crippen molar-refractivity contribution in [2.24, 2.45) is 5.92 Å². The van der Waals surface area contributed by atoms with Crippen LogP contribution in [0.5, 0.6) is 0 Å². The predicted octanol–water partition coefficient (Wildman–Crippen LogP) is 3.92. The number of fused-ring (bicyclic) bond motifs is 1. The summed E-state index contributed by atoms with van der Waals surface area (Å²) in [4.78, 5) is 60.2. The number of aliphatic carboxylic acids is 1. The number of anilines is 1. The molecule has 196 valence electrons. The number of carboxylic acids is 1. The number of rotatable bonds is 11. The number of aromatic nitrogens is 4. The average molecular weight is 518 g/mol. The van der Waals surface area contributed by atoms with E-state index in [0.29, 0.717) is 12.8 Å². The van der Waals surface area contributed by atoms with Gasteiger partial charge in [-0.3, -0.25) is 24.7 Å². The molecule has 0 fully saturated rings. The summed E-state index contributed by atoms with van der Waals surface area (Å²) in [6.45, 7) is 1.66. The van der Waals surface area contributed by atoms with E-state index in [0.717, 1.165) is 11.1 Å². The summed E-state index contributed by atoms with van der Waals surface area (Å²) in [7, 11) is 0. The molecule has 0 radical (unpaired) electrons. The maximum Gasteiger partial charge on any atom is 0.414 e. The van der Waals surface area contributed by atoms with E-state index >= 15 is 0 Å². The lowest BCUT2D eigenvalue weighted by Gasteiger charge is -2.19. The third-order valence-corrected chi connectivity index (χ3v) is 5.96. The summed E-state index contributed by atoms with van der Waals surface area (Å²) in [6.07, 6.45) is 0.523. The topological polar surface area (TPSA) is 156 Å². The van der Waals surface area contributed by atoms with Crippen LogP contribution >= 0.6 is 0 Å². The third-order valence-electron chi connectivity index (χ3n) is 5.96. The van der Waals surface area contributed by atoms with Gasteiger partial charge >= 0.3 is 12.1 Å². The van der Waals surface area contributed by atoms with E-state index in [1.54, 1.807) is 0 Å². The maximum absolute atomic E-state index is 12.9. The molecule has 4 rings (SSSR count). The van der Waals surface area contributed by atoms with Gasteiger partial charge in [0, 0.05) is 5.92 Å². The van der Waals surface area contributed by atoms with Crippen LogP contribution in [0.25, 0.3) is 11.2 Å². The highest BCUT2D eigenvalue weighted by atomic mass is 16.6. The molecule has 38 heavy (non-hydrogen) atoms. The molecule has 11 heteroatoms. The number of Topliss-reactive ketones (excluding diaryl/α,β-unsaturated/α-hetero) is 1. The van der Waals surface area contributed by atoms with Crippen molar-refractivity contribution < 1.29 is 24.2 Å². The van der Waals surface area contributed by atoms with Gasteiger partial charge in [0.25, 0.3) is 5.56 Å². The lowest BCUT2D eigenvalue weighted by Crippen LogP contribution is -2.24. The number of aromatic amines is 1.